The third-order valence-electron chi connectivity index (χ3n) is 3.51. The third kappa shape index (κ3) is 2.88. The summed E-state index contributed by atoms with van der Waals surface area (Å²) in [7, 11) is 0. The molecule has 100 valence electrons. The molecule has 0 spiro atoms. The standard InChI is InChI=1S/C13H15IN4O/c14-10-7-13(19)18(15-8-10)9-11-5-6-17(16-11)12-3-1-2-4-12/h5-8,12H,1-4,9H2. The normalized spacial score (nSPS) is 16.1. The molecule has 2 heterocycles. The van der Waals surface area contributed by atoms with Crippen LogP contribution >= 0.6 is 22.6 Å². The second-order valence-electron chi connectivity index (χ2n) is 4.90. The maximum Gasteiger partial charge on any atom is 0.268 e. The molecule has 0 aliphatic heterocycles. The first kappa shape index (κ1) is 12.8. The van der Waals surface area contributed by atoms with Crippen molar-refractivity contribution >= 4 is 22.6 Å². The predicted octanol–water partition coefficient (Wildman–Crippen LogP) is 2.21. The quantitative estimate of drug-likeness (QED) is 0.779. The maximum absolute atomic E-state index is 11.8. The van der Waals surface area contributed by atoms with Crippen LogP contribution in [0.5, 0.6) is 0 Å². The Balaban J connectivity index is 1.78. The molecule has 0 atom stereocenters. The zero-order valence-electron chi connectivity index (χ0n) is 10.5. The van der Waals surface area contributed by atoms with Gasteiger partial charge in [-0.3, -0.25) is 9.48 Å². The van der Waals surface area contributed by atoms with Crippen LogP contribution in [0.4, 0.5) is 0 Å². The highest BCUT2D eigenvalue weighted by molar-refractivity contribution is 14.1. The minimum atomic E-state index is -0.0812. The average molecular weight is 370 g/mol. The van der Waals surface area contributed by atoms with E-state index in [-0.39, 0.29) is 5.56 Å². The van der Waals surface area contributed by atoms with Crippen LogP contribution in [-0.4, -0.2) is 19.6 Å². The molecule has 1 saturated carbocycles. The number of halogens is 1. The second kappa shape index (κ2) is 5.44. The van der Waals surface area contributed by atoms with Gasteiger partial charge < -0.3 is 0 Å². The fourth-order valence-corrected chi connectivity index (χ4v) is 2.91. The topological polar surface area (TPSA) is 52.7 Å². The number of nitrogens with zero attached hydrogens (tertiary/aromatic N) is 4. The van der Waals surface area contributed by atoms with Gasteiger partial charge in [0.15, 0.2) is 0 Å². The van der Waals surface area contributed by atoms with Gasteiger partial charge >= 0.3 is 0 Å². The lowest BCUT2D eigenvalue weighted by atomic mass is 10.3. The van der Waals surface area contributed by atoms with Gasteiger partial charge in [0, 0.05) is 15.8 Å². The monoisotopic (exact) mass is 370 g/mol. The Hall–Kier alpha value is -1.18. The van der Waals surface area contributed by atoms with Gasteiger partial charge in [-0.2, -0.15) is 10.2 Å². The average Bonchev–Trinajstić information content (AvgIpc) is 3.03. The van der Waals surface area contributed by atoms with Crippen molar-refractivity contribution in [1.82, 2.24) is 19.6 Å². The SMILES string of the molecule is O=c1cc(I)cnn1Cc1ccn(C2CCCC2)n1. The molecule has 1 fully saturated rings. The molecule has 0 saturated heterocycles. The van der Waals surface area contributed by atoms with Crippen LogP contribution in [0.2, 0.25) is 0 Å². The first-order valence-corrected chi connectivity index (χ1v) is 7.57. The van der Waals surface area contributed by atoms with Crippen LogP contribution in [0.1, 0.15) is 37.4 Å². The highest BCUT2D eigenvalue weighted by atomic mass is 127. The third-order valence-corrected chi connectivity index (χ3v) is 4.10. The Morgan fingerprint density at radius 1 is 1.37 bits per heavy atom. The number of hydrogen-bond acceptors (Lipinski definition) is 3. The first-order chi connectivity index (χ1) is 9.22. The fourth-order valence-electron chi connectivity index (χ4n) is 2.52. The van der Waals surface area contributed by atoms with Gasteiger partial charge in [0.05, 0.1) is 24.5 Å². The Labute approximate surface area is 124 Å². The maximum atomic E-state index is 11.8. The van der Waals surface area contributed by atoms with E-state index in [0.717, 1.165) is 9.26 Å². The Morgan fingerprint density at radius 3 is 2.89 bits per heavy atom. The van der Waals surface area contributed by atoms with E-state index in [4.69, 9.17) is 0 Å². The van der Waals surface area contributed by atoms with E-state index < -0.39 is 0 Å². The van der Waals surface area contributed by atoms with E-state index in [1.807, 2.05) is 16.9 Å². The summed E-state index contributed by atoms with van der Waals surface area (Å²) in [6, 6.07) is 4.10. The lowest BCUT2D eigenvalue weighted by Gasteiger charge is -2.08. The van der Waals surface area contributed by atoms with E-state index in [9.17, 15) is 4.79 Å². The molecule has 1 aliphatic rings. The van der Waals surface area contributed by atoms with Crippen molar-refractivity contribution in [3.63, 3.8) is 0 Å². The summed E-state index contributed by atoms with van der Waals surface area (Å²) >= 11 is 2.09. The van der Waals surface area contributed by atoms with Crippen LogP contribution < -0.4 is 5.56 Å². The highest BCUT2D eigenvalue weighted by Gasteiger charge is 2.17. The molecule has 3 rings (SSSR count). The van der Waals surface area contributed by atoms with Crippen LogP contribution in [-0.2, 0) is 6.54 Å². The van der Waals surface area contributed by atoms with Gasteiger partial charge in [0.1, 0.15) is 0 Å². The minimum absolute atomic E-state index is 0.0812. The van der Waals surface area contributed by atoms with Gasteiger partial charge in [-0.05, 0) is 41.5 Å². The Morgan fingerprint density at radius 2 is 2.16 bits per heavy atom. The number of hydrogen-bond donors (Lipinski definition) is 0. The molecule has 2 aromatic rings. The zero-order chi connectivity index (χ0) is 13.2. The van der Waals surface area contributed by atoms with Crippen molar-refractivity contribution in [3.8, 4) is 0 Å². The molecule has 0 amide bonds. The Kier molecular flexibility index (Phi) is 3.67. The molecular weight excluding hydrogens is 355 g/mol. The second-order valence-corrected chi connectivity index (χ2v) is 6.14. The van der Waals surface area contributed by atoms with E-state index >= 15 is 0 Å². The lowest BCUT2D eigenvalue weighted by Crippen LogP contribution is -2.23. The van der Waals surface area contributed by atoms with Gasteiger partial charge in [0.25, 0.3) is 5.56 Å². The van der Waals surface area contributed by atoms with E-state index in [0.29, 0.717) is 12.6 Å². The predicted molar refractivity (Wildman–Crippen MR) is 80.0 cm³/mol. The summed E-state index contributed by atoms with van der Waals surface area (Å²) in [6.45, 7) is 0.440. The van der Waals surface area contributed by atoms with Gasteiger partial charge in [-0.1, -0.05) is 12.8 Å². The van der Waals surface area contributed by atoms with Crippen molar-refractivity contribution < 1.29 is 0 Å². The molecule has 1 aliphatic carbocycles. The van der Waals surface area contributed by atoms with E-state index in [2.05, 4.69) is 32.8 Å². The molecule has 0 N–H and O–H groups in total. The lowest BCUT2D eigenvalue weighted by molar-refractivity contribution is 0.459. The summed E-state index contributed by atoms with van der Waals surface area (Å²) in [4.78, 5) is 11.8. The molecule has 0 radical (unpaired) electrons. The number of aromatic nitrogens is 4. The summed E-state index contributed by atoms with van der Waals surface area (Å²) in [5, 5.41) is 8.69. The fraction of sp³-hybridized carbons (Fsp3) is 0.462. The molecule has 6 heteroatoms. The van der Waals surface area contributed by atoms with Crippen molar-refractivity contribution in [2.45, 2.75) is 38.3 Å². The Bertz CT molecular complexity index is 628. The van der Waals surface area contributed by atoms with Gasteiger partial charge in [0.2, 0.25) is 0 Å². The molecule has 2 aromatic heterocycles. The van der Waals surface area contributed by atoms with Crippen LogP contribution in [0.3, 0.4) is 0 Å². The summed E-state index contributed by atoms with van der Waals surface area (Å²) in [6.07, 6.45) is 8.71. The molecule has 0 bridgehead atoms. The largest absolute Gasteiger partial charge is 0.269 e. The molecular formula is C13H15IN4O. The zero-order valence-corrected chi connectivity index (χ0v) is 12.7. The van der Waals surface area contributed by atoms with Crippen LogP contribution in [0, 0.1) is 3.57 Å². The van der Waals surface area contributed by atoms with Crippen molar-refractivity contribution in [1.29, 1.82) is 0 Å². The summed E-state index contributed by atoms with van der Waals surface area (Å²) < 4.78 is 4.35. The van der Waals surface area contributed by atoms with Crippen LogP contribution in [0.25, 0.3) is 0 Å². The van der Waals surface area contributed by atoms with Crippen LogP contribution in [0.15, 0.2) is 29.3 Å². The molecule has 0 unspecified atom stereocenters. The summed E-state index contributed by atoms with van der Waals surface area (Å²) in [5.41, 5.74) is 0.810. The van der Waals surface area contributed by atoms with Crippen molar-refractivity contribution in [2.75, 3.05) is 0 Å². The molecule has 0 aromatic carbocycles. The smallest absolute Gasteiger partial charge is 0.268 e. The first-order valence-electron chi connectivity index (χ1n) is 6.49. The summed E-state index contributed by atoms with van der Waals surface area (Å²) in [5.74, 6) is 0. The molecule has 19 heavy (non-hydrogen) atoms. The van der Waals surface area contributed by atoms with Crippen molar-refractivity contribution in [2.24, 2.45) is 0 Å². The van der Waals surface area contributed by atoms with Gasteiger partial charge in [-0.15, -0.1) is 0 Å². The van der Waals surface area contributed by atoms with E-state index in [1.54, 1.807) is 12.3 Å². The minimum Gasteiger partial charge on any atom is -0.269 e. The van der Waals surface area contributed by atoms with E-state index in [1.165, 1.54) is 30.4 Å². The highest BCUT2D eigenvalue weighted by Crippen LogP contribution is 2.28. The van der Waals surface area contributed by atoms with Gasteiger partial charge in [-0.25, -0.2) is 4.68 Å². The number of rotatable bonds is 3. The molecule has 5 nitrogen and oxygen atoms in total. The van der Waals surface area contributed by atoms with Crippen molar-refractivity contribution in [3.05, 3.63) is 44.1 Å².